The Morgan fingerprint density at radius 3 is 2.81 bits per heavy atom. The molecule has 2 aromatic rings. The molecule has 6 heteroatoms. The van der Waals surface area contributed by atoms with Crippen LogP contribution in [0.1, 0.15) is 36.5 Å². The van der Waals surface area contributed by atoms with E-state index in [4.69, 9.17) is 14.2 Å². The Labute approximate surface area is 168 Å². The van der Waals surface area contributed by atoms with Crippen LogP contribution in [0.4, 0.5) is 5.69 Å². The molecule has 27 heavy (non-hydrogen) atoms. The van der Waals surface area contributed by atoms with E-state index >= 15 is 0 Å². The number of benzene rings is 2. The Kier molecular flexibility index (Phi) is 7.12. The van der Waals surface area contributed by atoms with Crippen molar-refractivity contribution in [2.75, 3.05) is 25.1 Å². The van der Waals surface area contributed by atoms with E-state index < -0.39 is 0 Å². The average molecular weight is 434 g/mol. The monoisotopic (exact) mass is 433 g/mol. The predicted octanol–water partition coefficient (Wildman–Crippen LogP) is 5.05. The first-order chi connectivity index (χ1) is 13.2. The zero-order chi connectivity index (χ0) is 19.1. The van der Waals surface area contributed by atoms with Gasteiger partial charge in [0.05, 0.1) is 22.9 Å². The molecule has 0 bridgehead atoms. The highest BCUT2D eigenvalue weighted by molar-refractivity contribution is 9.10. The third-order valence-corrected chi connectivity index (χ3v) is 4.86. The van der Waals surface area contributed by atoms with Crippen molar-refractivity contribution in [1.82, 2.24) is 0 Å². The molecular formula is C21H24BrNO4. The molecule has 2 aromatic carbocycles. The van der Waals surface area contributed by atoms with Crippen molar-refractivity contribution in [1.29, 1.82) is 0 Å². The lowest BCUT2D eigenvalue weighted by atomic mass is 10.2. The van der Waals surface area contributed by atoms with E-state index in [1.165, 1.54) is 0 Å². The highest BCUT2D eigenvalue weighted by Crippen LogP contribution is 2.28. The molecule has 1 fully saturated rings. The Balaban J connectivity index is 1.66. The lowest BCUT2D eigenvalue weighted by Gasteiger charge is -2.15. The molecule has 144 valence electrons. The van der Waals surface area contributed by atoms with Gasteiger partial charge in [0, 0.05) is 12.2 Å². The van der Waals surface area contributed by atoms with Crippen LogP contribution in [-0.4, -0.2) is 31.8 Å². The molecule has 1 aliphatic rings. The summed E-state index contributed by atoms with van der Waals surface area (Å²) in [6.07, 6.45) is 3.13. The van der Waals surface area contributed by atoms with Gasteiger partial charge in [-0.15, -0.1) is 0 Å². The predicted molar refractivity (Wildman–Crippen MR) is 109 cm³/mol. The van der Waals surface area contributed by atoms with Crippen LogP contribution in [0.15, 0.2) is 46.9 Å². The summed E-state index contributed by atoms with van der Waals surface area (Å²) in [5.74, 6) is 1.17. The molecule has 1 saturated heterocycles. The zero-order valence-corrected chi connectivity index (χ0v) is 17.0. The summed E-state index contributed by atoms with van der Waals surface area (Å²) in [7, 11) is 0. The third kappa shape index (κ3) is 5.47. The molecule has 0 radical (unpaired) electrons. The Hall–Kier alpha value is -2.05. The minimum absolute atomic E-state index is 0.125. The van der Waals surface area contributed by atoms with E-state index in [0.29, 0.717) is 30.2 Å². The van der Waals surface area contributed by atoms with Crippen LogP contribution in [0, 0.1) is 0 Å². The van der Waals surface area contributed by atoms with Crippen LogP contribution in [0.25, 0.3) is 0 Å². The zero-order valence-electron chi connectivity index (χ0n) is 15.4. The Morgan fingerprint density at radius 2 is 2.07 bits per heavy atom. The Morgan fingerprint density at radius 1 is 1.22 bits per heavy atom. The number of ether oxygens (including phenoxy) is 3. The summed E-state index contributed by atoms with van der Waals surface area (Å²) in [5, 5.41) is 2.93. The first kappa shape index (κ1) is 19.7. The van der Waals surface area contributed by atoms with Gasteiger partial charge < -0.3 is 19.5 Å². The highest BCUT2D eigenvalue weighted by Gasteiger charge is 2.17. The fourth-order valence-electron chi connectivity index (χ4n) is 2.82. The third-order valence-electron chi connectivity index (χ3n) is 4.24. The average Bonchev–Trinajstić information content (AvgIpc) is 3.20. The highest BCUT2D eigenvalue weighted by atomic mass is 79.9. The van der Waals surface area contributed by atoms with Gasteiger partial charge >= 0.3 is 0 Å². The van der Waals surface area contributed by atoms with Gasteiger partial charge in [-0.2, -0.15) is 0 Å². The van der Waals surface area contributed by atoms with Crippen molar-refractivity contribution in [3.8, 4) is 11.5 Å². The summed E-state index contributed by atoms with van der Waals surface area (Å²) in [6, 6.07) is 12.7. The molecule has 3 rings (SSSR count). The van der Waals surface area contributed by atoms with E-state index in [-0.39, 0.29) is 12.0 Å². The molecule has 1 N–H and O–H groups in total. The van der Waals surface area contributed by atoms with E-state index in [9.17, 15) is 4.79 Å². The number of carbonyl (C=O) groups excluding carboxylic acids is 1. The molecule has 1 amide bonds. The molecule has 1 heterocycles. The fourth-order valence-corrected chi connectivity index (χ4v) is 3.31. The van der Waals surface area contributed by atoms with Gasteiger partial charge in [-0.1, -0.05) is 19.1 Å². The lowest BCUT2D eigenvalue weighted by molar-refractivity contribution is 0.0682. The minimum atomic E-state index is -0.203. The van der Waals surface area contributed by atoms with Crippen molar-refractivity contribution in [3.05, 3.63) is 52.5 Å². The molecule has 1 unspecified atom stereocenters. The van der Waals surface area contributed by atoms with E-state index in [0.717, 1.165) is 36.1 Å². The van der Waals surface area contributed by atoms with Crippen LogP contribution in [0.2, 0.25) is 0 Å². The van der Waals surface area contributed by atoms with Crippen LogP contribution < -0.4 is 14.8 Å². The fraction of sp³-hybridized carbons (Fsp3) is 0.381. The first-order valence-corrected chi connectivity index (χ1v) is 10.0. The lowest BCUT2D eigenvalue weighted by Crippen LogP contribution is -2.18. The second-order valence-corrected chi connectivity index (χ2v) is 7.24. The number of halogens is 1. The SMILES string of the molecule is CCCOc1ccc(C(=O)Nc2ccccc2OCC2CCCO2)cc1Br. The van der Waals surface area contributed by atoms with Crippen molar-refractivity contribution < 1.29 is 19.0 Å². The van der Waals surface area contributed by atoms with Crippen molar-refractivity contribution in [2.24, 2.45) is 0 Å². The quantitative estimate of drug-likeness (QED) is 0.632. The van der Waals surface area contributed by atoms with Gasteiger partial charge in [0.25, 0.3) is 5.91 Å². The molecule has 5 nitrogen and oxygen atoms in total. The smallest absolute Gasteiger partial charge is 0.255 e. The summed E-state index contributed by atoms with van der Waals surface area (Å²) in [6.45, 7) is 3.97. The van der Waals surface area contributed by atoms with Gasteiger partial charge in [-0.05, 0) is 65.5 Å². The summed E-state index contributed by atoms with van der Waals surface area (Å²) < 4.78 is 17.8. The Bertz CT molecular complexity index is 775. The normalized spacial score (nSPS) is 16.1. The number of carbonyl (C=O) groups is 1. The molecule has 0 aliphatic carbocycles. The van der Waals surface area contributed by atoms with Crippen LogP contribution in [0.3, 0.4) is 0 Å². The number of amides is 1. The second kappa shape index (κ2) is 9.76. The topological polar surface area (TPSA) is 56.8 Å². The van der Waals surface area contributed by atoms with Gasteiger partial charge in [0.2, 0.25) is 0 Å². The van der Waals surface area contributed by atoms with Crippen LogP contribution in [-0.2, 0) is 4.74 Å². The standard InChI is InChI=1S/C21H24BrNO4/c1-2-11-26-19-10-9-15(13-17(19)22)21(24)23-18-7-3-4-8-20(18)27-14-16-6-5-12-25-16/h3-4,7-10,13,16H,2,5-6,11-12,14H2,1H3,(H,23,24). The maximum Gasteiger partial charge on any atom is 0.255 e. The van der Waals surface area contributed by atoms with Crippen molar-refractivity contribution in [2.45, 2.75) is 32.3 Å². The van der Waals surface area contributed by atoms with Gasteiger partial charge in [-0.3, -0.25) is 4.79 Å². The van der Waals surface area contributed by atoms with E-state index in [1.54, 1.807) is 18.2 Å². The van der Waals surface area contributed by atoms with Gasteiger partial charge in [0.1, 0.15) is 18.1 Å². The summed E-state index contributed by atoms with van der Waals surface area (Å²) in [4.78, 5) is 12.7. The first-order valence-electron chi connectivity index (χ1n) is 9.24. The number of hydrogen-bond donors (Lipinski definition) is 1. The van der Waals surface area contributed by atoms with E-state index in [2.05, 4.69) is 21.2 Å². The maximum atomic E-state index is 12.7. The van der Waals surface area contributed by atoms with Gasteiger partial charge in [0.15, 0.2) is 0 Å². The molecular weight excluding hydrogens is 410 g/mol. The van der Waals surface area contributed by atoms with Crippen molar-refractivity contribution >= 4 is 27.5 Å². The van der Waals surface area contributed by atoms with Crippen LogP contribution in [0.5, 0.6) is 11.5 Å². The summed E-state index contributed by atoms with van der Waals surface area (Å²) in [5.41, 5.74) is 1.18. The van der Waals surface area contributed by atoms with Gasteiger partial charge in [-0.25, -0.2) is 0 Å². The number of anilines is 1. The van der Waals surface area contributed by atoms with Crippen molar-refractivity contribution in [3.63, 3.8) is 0 Å². The largest absolute Gasteiger partial charge is 0.492 e. The van der Waals surface area contributed by atoms with E-state index in [1.807, 2.05) is 31.2 Å². The molecule has 0 spiro atoms. The molecule has 1 atom stereocenters. The minimum Gasteiger partial charge on any atom is -0.492 e. The second-order valence-electron chi connectivity index (χ2n) is 6.39. The number of para-hydroxylation sites is 2. The molecule has 1 aliphatic heterocycles. The van der Waals surface area contributed by atoms with Crippen LogP contribution >= 0.6 is 15.9 Å². The summed E-state index contributed by atoms with van der Waals surface area (Å²) >= 11 is 3.46. The number of nitrogens with one attached hydrogen (secondary N) is 1. The maximum absolute atomic E-state index is 12.7. The molecule has 0 aromatic heterocycles. The number of hydrogen-bond acceptors (Lipinski definition) is 4. The molecule has 0 saturated carbocycles. The number of rotatable bonds is 8.